The molecule has 21 heavy (non-hydrogen) atoms. The van der Waals surface area contributed by atoms with Gasteiger partial charge in [0.25, 0.3) is 5.91 Å². The van der Waals surface area contributed by atoms with E-state index >= 15 is 0 Å². The molecule has 1 heterocycles. The van der Waals surface area contributed by atoms with Gasteiger partial charge in [-0.2, -0.15) is 0 Å². The van der Waals surface area contributed by atoms with Crippen molar-refractivity contribution >= 4 is 34.2 Å². The van der Waals surface area contributed by atoms with Crippen LogP contribution in [0.15, 0.2) is 22.7 Å². The van der Waals surface area contributed by atoms with Crippen molar-refractivity contribution in [3.63, 3.8) is 0 Å². The Kier molecular flexibility index (Phi) is 7.63. The molecule has 0 spiro atoms. The van der Waals surface area contributed by atoms with Gasteiger partial charge in [-0.05, 0) is 66.5 Å². The van der Waals surface area contributed by atoms with Crippen LogP contribution in [-0.4, -0.2) is 36.5 Å². The lowest BCUT2D eigenvalue weighted by Gasteiger charge is -2.34. The highest BCUT2D eigenvalue weighted by Crippen LogP contribution is 2.21. The molecule has 1 saturated heterocycles. The maximum atomic E-state index is 13.3. The molecule has 1 N–H and O–H groups in total. The lowest BCUT2D eigenvalue weighted by atomic mass is 10.0. The van der Waals surface area contributed by atoms with Crippen molar-refractivity contribution in [2.45, 2.75) is 32.2 Å². The SMILES string of the molecule is CCCN(C(=O)c1ccc(F)c(Br)c1)C1CCNCC1.Cl. The van der Waals surface area contributed by atoms with Crippen molar-refractivity contribution in [3.8, 4) is 0 Å². The lowest BCUT2D eigenvalue weighted by Crippen LogP contribution is -2.46. The summed E-state index contributed by atoms with van der Waals surface area (Å²) in [5.41, 5.74) is 0.547. The molecule has 0 aromatic heterocycles. The number of nitrogens with one attached hydrogen (secondary N) is 1. The third kappa shape index (κ3) is 4.66. The van der Waals surface area contributed by atoms with E-state index in [1.807, 2.05) is 4.90 Å². The lowest BCUT2D eigenvalue weighted by molar-refractivity contribution is 0.0642. The molecular weight excluding hydrogens is 359 g/mol. The van der Waals surface area contributed by atoms with Crippen LogP contribution in [0.1, 0.15) is 36.5 Å². The van der Waals surface area contributed by atoms with E-state index in [1.54, 1.807) is 12.1 Å². The van der Waals surface area contributed by atoms with Crippen LogP contribution in [0.4, 0.5) is 4.39 Å². The highest BCUT2D eigenvalue weighted by atomic mass is 79.9. The summed E-state index contributed by atoms with van der Waals surface area (Å²) < 4.78 is 13.6. The molecule has 118 valence electrons. The van der Waals surface area contributed by atoms with E-state index in [1.165, 1.54) is 6.07 Å². The largest absolute Gasteiger partial charge is 0.336 e. The topological polar surface area (TPSA) is 32.3 Å². The number of hydrogen-bond acceptors (Lipinski definition) is 2. The van der Waals surface area contributed by atoms with Gasteiger partial charge in [0.15, 0.2) is 0 Å². The predicted molar refractivity (Wildman–Crippen MR) is 88.6 cm³/mol. The van der Waals surface area contributed by atoms with Gasteiger partial charge in [-0.1, -0.05) is 6.92 Å². The Morgan fingerprint density at radius 3 is 2.67 bits per heavy atom. The zero-order valence-electron chi connectivity index (χ0n) is 12.1. The van der Waals surface area contributed by atoms with Crippen LogP contribution in [0.2, 0.25) is 0 Å². The molecule has 0 atom stereocenters. The number of amides is 1. The standard InChI is InChI=1S/C15H20BrFN2O.ClH/c1-2-9-19(12-5-7-18-8-6-12)15(20)11-3-4-14(17)13(16)10-11;/h3-4,10,12,18H,2,5-9H2,1H3;1H. The van der Waals surface area contributed by atoms with Crippen LogP contribution in [0.3, 0.4) is 0 Å². The van der Waals surface area contributed by atoms with Gasteiger partial charge in [0.2, 0.25) is 0 Å². The highest BCUT2D eigenvalue weighted by Gasteiger charge is 2.25. The van der Waals surface area contributed by atoms with Gasteiger partial charge in [-0.15, -0.1) is 12.4 Å². The molecule has 6 heteroatoms. The van der Waals surface area contributed by atoms with E-state index in [0.29, 0.717) is 10.0 Å². The first-order valence-electron chi connectivity index (χ1n) is 7.10. The summed E-state index contributed by atoms with van der Waals surface area (Å²) >= 11 is 3.14. The van der Waals surface area contributed by atoms with Crippen LogP contribution >= 0.6 is 28.3 Å². The van der Waals surface area contributed by atoms with Crippen LogP contribution < -0.4 is 5.32 Å². The average Bonchev–Trinajstić information content (AvgIpc) is 2.48. The van der Waals surface area contributed by atoms with Crippen molar-refractivity contribution in [1.82, 2.24) is 10.2 Å². The molecule has 0 aliphatic carbocycles. The molecule has 0 unspecified atom stereocenters. The summed E-state index contributed by atoms with van der Waals surface area (Å²) in [4.78, 5) is 14.6. The number of carbonyl (C=O) groups excluding carboxylic acids is 1. The third-order valence-corrected chi connectivity index (χ3v) is 4.25. The summed E-state index contributed by atoms with van der Waals surface area (Å²) in [5, 5.41) is 3.31. The van der Waals surface area contributed by atoms with Crippen LogP contribution in [-0.2, 0) is 0 Å². The first-order chi connectivity index (χ1) is 9.63. The molecule has 1 aromatic carbocycles. The Morgan fingerprint density at radius 1 is 1.43 bits per heavy atom. The fourth-order valence-electron chi connectivity index (χ4n) is 2.60. The summed E-state index contributed by atoms with van der Waals surface area (Å²) in [6.07, 6.45) is 2.89. The van der Waals surface area contributed by atoms with Gasteiger partial charge in [0, 0.05) is 18.2 Å². The smallest absolute Gasteiger partial charge is 0.254 e. The zero-order chi connectivity index (χ0) is 14.5. The third-order valence-electron chi connectivity index (χ3n) is 3.64. The van der Waals surface area contributed by atoms with Crippen LogP contribution in [0, 0.1) is 5.82 Å². The second-order valence-electron chi connectivity index (χ2n) is 5.11. The normalized spacial score (nSPS) is 15.4. The highest BCUT2D eigenvalue weighted by molar-refractivity contribution is 9.10. The van der Waals surface area contributed by atoms with Gasteiger partial charge in [-0.3, -0.25) is 4.79 Å². The molecule has 1 aromatic rings. The molecule has 0 radical (unpaired) electrons. The van der Waals surface area contributed by atoms with Gasteiger partial charge < -0.3 is 10.2 Å². The van der Waals surface area contributed by atoms with Gasteiger partial charge in [-0.25, -0.2) is 4.39 Å². The van der Waals surface area contributed by atoms with Crippen LogP contribution in [0.5, 0.6) is 0 Å². The quantitative estimate of drug-likeness (QED) is 0.866. The van der Waals surface area contributed by atoms with Crippen molar-refractivity contribution in [2.75, 3.05) is 19.6 Å². The minimum absolute atomic E-state index is 0. The maximum absolute atomic E-state index is 13.3. The average molecular weight is 380 g/mol. The molecular formula is C15H21BrClFN2O. The molecule has 1 amide bonds. The van der Waals surface area contributed by atoms with Crippen molar-refractivity contribution in [2.24, 2.45) is 0 Å². The van der Waals surface area contributed by atoms with E-state index < -0.39 is 0 Å². The molecule has 1 aliphatic heterocycles. The van der Waals surface area contributed by atoms with Crippen molar-refractivity contribution in [3.05, 3.63) is 34.1 Å². The number of nitrogens with zero attached hydrogens (tertiary/aromatic N) is 1. The summed E-state index contributed by atoms with van der Waals surface area (Å²) in [7, 11) is 0. The monoisotopic (exact) mass is 378 g/mol. The Labute approximate surface area is 139 Å². The second kappa shape index (κ2) is 8.71. The first kappa shape index (κ1) is 18.4. The summed E-state index contributed by atoms with van der Waals surface area (Å²) in [5.74, 6) is -0.343. The summed E-state index contributed by atoms with van der Waals surface area (Å²) in [6, 6.07) is 4.75. The fraction of sp³-hybridized carbons (Fsp3) is 0.533. The number of benzene rings is 1. The number of hydrogen-bond donors (Lipinski definition) is 1. The van der Waals surface area contributed by atoms with Gasteiger partial charge in [0.1, 0.15) is 5.82 Å². The number of rotatable bonds is 4. The fourth-order valence-corrected chi connectivity index (χ4v) is 2.98. The van der Waals surface area contributed by atoms with Crippen LogP contribution in [0.25, 0.3) is 0 Å². The van der Waals surface area contributed by atoms with Gasteiger partial charge >= 0.3 is 0 Å². The van der Waals surface area contributed by atoms with E-state index in [2.05, 4.69) is 28.2 Å². The molecule has 0 bridgehead atoms. The molecule has 1 fully saturated rings. The Balaban J connectivity index is 0.00000220. The molecule has 2 rings (SSSR count). The minimum Gasteiger partial charge on any atom is -0.336 e. The zero-order valence-corrected chi connectivity index (χ0v) is 14.5. The number of halogens is 3. The molecule has 1 aliphatic rings. The first-order valence-corrected chi connectivity index (χ1v) is 7.89. The van der Waals surface area contributed by atoms with Crippen molar-refractivity contribution in [1.29, 1.82) is 0 Å². The summed E-state index contributed by atoms with van der Waals surface area (Å²) in [6.45, 7) is 4.72. The molecule has 0 saturated carbocycles. The van der Waals surface area contributed by atoms with Crippen molar-refractivity contribution < 1.29 is 9.18 Å². The Hall–Kier alpha value is -0.650. The Bertz CT molecular complexity index is 481. The predicted octanol–water partition coefficient (Wildman–Crippen LogP) is 3.61. The number of piperidine rings is 1. The van der Waals surface area contributed by atoms with E-state index in [9.17, 15) is 9.18 Å². The van der Waals surface area contributed by atoms with Gasteiger partial charge in [0.05, 0.1) is 4.47 Å². The number of carbonyl (C=O) groups is 1. The van der Waals surface area contributed by atoms with E-state index in [0.717, 1.165) is 38.9 Å². The molecule has 3 nitrogen and oxygen atoms in total. The maximum Gasteiger partial charge on any atom is 0.254 e. The Morgan fingerprint density at radius 2 is 2.10 bits per heavy atom. The second-order valence-corrected chi connectivity index (χ2v) is 5.96. The minimum atomic E-state index is -0.342. The van der Waals surface area contributed by atoms with E-state index in [-0.39, 0.29) is 30.2 Å². The van der Waals surface area contributed by atoms with E-state index in [4.69, 9.17) is 0 Å².